The maximum Gasteiger partial charge on any atom is 0.318 e. The Kier molecular flexibility index (Phi) is 5.21. The Morgan fingerprint density at radius 2 is 2.33 bits per heavy atom. The number of carbonyl (C=O) groups is 2. The highest BCUT2D eigenvalue weighted by Gasteiger charge is 2.32. The van der Waals surface area contributed by atoms with Gasteiger partial charge in [-0.25, -0.2) is 4.79 Å². The first-order valence-corrected chi connectivity index (χ1v) is 6.95. The van der Waals surface area contributed by atoms with Crippen LogP contribution in [0.3, 0.4) is 0 Å². The number of hydrogen-bond acceptors (Lipinski definition) is 4. The zero-order chi connectivity index (χ0) is 15.2. The van der Waals surface area contributed by atoms with Crippen molar-refractivity contribution < 1.29 is 23.8 Å². The summed E-state index contributed by atoms with van der Waals surface area (Å²) in [6.07, 6.45) is 1.66. The van der Waals surface area contributed by atoms with Crippen LogP contribution < -0.4 is 5.32 Å². The van der Waals surface area contributed by atoms with Crippen LogP contribution in [0.1, 0.15) is 36.8 Å². The van der Waals surface area contributed by atoms with Gasteiger partial charge in [-0.05, 0) is 25.0 Å². The van der Waals surface area contributed by atoms with Crippen molar-refractivity contribution in [1.82, 2.24) is 10.2 Å². The van der Waals surface area contributed by atoms with Gasteiger partial charge in [-0.2, -0.15) is 0 Å². The number of ether oxygens (including phenoxy) is 1. The van der Waals surface area contributed by atoms with Crippen LogP contribution in [0.15, 0.2) is 16.5 Å². The molecule has 0 bridgehead atoms. The van der Waals surface area contributed by atoms with Crippen LogP contribution in [0.25, 0.3) is 0 Å². The van der Waals surface area contributed by atoms with Crippen molar-refractivity contribution in [3.63, 3.8) is 0 Å². The standard InChI is InChI=1S/C14H20N2O5/c1-20-9-10-4-5-12(21-10)11-3-2-8-16(11)14(19)15-7-6-13(17)18/h4-5,11H,2-3,6-9H2,1H3,(H,15,19)(H,17,18). The predicted octanol–water partition coefficient (Wildman–Crippen LogP) is 1.75. The summed E-state index contributed by atoms with van der Waals surface area (Å²) in [4.78, 5) is 24.3. The van der Waals surface area contributed by atoms with E-state index in [1.54, 1.807) is 12.0 Å². The van der Waals surface area contributed by atoms with E-state index in [0.29, 0.717) is 13.2 Å². The second-order valence-corrected chi connectivity index (χ2v) is 4.96. The number of carboxylic acid groups (broad SMARTS) is 1. The lowest BCUT2D eigenvalue weighted by Crippen LogP contribution is -2.40. The summed E-state index contributed by atoms with van der Waals surface area (Å²) >= 11 is 0. The van der Waals surface area contributed by atoms with Gasteiger partial charge in [-0.15, -0.1) is 0 Å². The average Bonchev–Trinajstić information content (AvgIpc) is 3.06. The highest BCUT2D eigenvalue weighted by Crippen LogP contribution is 2.33. The molecule has 0 radical (unpaired) electrons. The molecular weight excluding hydrogens is 276 g/mol. The number of methoxy groups -OCH3 is 1. The Morgan fingerprint density at radius 3 is 3.05 bits per heavy atom. The molecule has 1 saturated heterocycles. The number of hydrogen-bond donors (Lipinski definition) is 2. The first-order chi connectivity index (χ1) is 10.1. The average molecular weight is 296 g/mol. The van der Waals surface area contributed by atoms with Crippen molar-refractivity contribution in [3.8, 4) is 0 Å². The van der Waals surface area contributed by atoms with Gasteiger partial charge in [0.2, 0.25) is 0 Å². The summed E-state index contributed by atoms with van der Waals surface area (Å²) in [7, 11) is 1.60. The quantitative estimate of drug-likeness (QED) is 0.834. The number of likely N-dealkylation sites (tertiary alicyclic amines) is 1. The maximum atomic E-state index is 12.1. The lowest BCUT2D eigenvalue weighted by atomic mass is 10.2. The molecule has 1 aromatic rings. The number of nitrogens with one attached hydrogen (secondary N) is 1. The van der Waals surface area contributed by atoms with Crippen molar-refractivity contribution in [2.24, 2.45) is 0 Å². The number of carboxylic acids is 1. The van der Waals surface area contributed by atoms with E-state index in [-0.39, 0.29) is 25.0 Å². The third-order valence-electron chi connectivity index (χ3n) is 3.43. The number of amides is 2. The van der Waals surface area contributed by atoms with Gasteiger partial charge in [0, 0.05) is 20.2 Å². The molecule has 2 N–H and O–H groups in total. The molecule has 1 aliphatic rings. The second kappa shape index (κ2) is 7.12. The minimum Gasteiger partial charge on any atom is -0.481 e. The Balaban J connectivity index is 1.95. The van der Waals surface area contributed by atoms with Gasteiger partial charge in [0.25, 0.3) is 0 Å². The van der Waals surface area contributed by atoms with Crippen molar-refractivity contribution in [2.45, 2.75) is 31.9 Å². The summed E-state index contributed by atoms with van der Waals surface area (Å²) in [5, 5.41) is 11.2. The van der Waals surface area contributed by atoms with Crippen LogP contribution in [0.2, 0.25) is 0 Å². The number of rotatable bonds is 6. The molecule has 0 aliphatic carbocycles. The van der Waals surface area contributed by atoms with E-state index < -0.39 is 5.97 Å². The molecule has 1 aromatic heterocycles. The molecule has 0 saturated carbocycles. The Labute approximate surface area is 122 Å². The Hall–Kier alpha value is -2.02. The van der Waals surface area contributed by atoms with E-state index in [1.165, 1.54) is 0 Å². The number of nitrogens with zero attached hydrogens (tertiary/aromatic N) is 1. The first-order valence-electron chi connectivity index (χ1n) is 6.95. The van der Waals surface area contributed by atoms with Crippen molar-refractivity contribution in [2.75, 3.05) is 20.2 Å². The molecule has 1 unspecified atom stereocenters. The zero-order valence-electron chi connectivity index (χ0n) is 12.0. The third-order valence-corrected chi connectivity index (χ3v) is 3.43. The fraction of sp³-hybridized carbons (Fsp3) is 0.571. The van der Waals surface area contributed by atoms with E-state index in [4.69, 9.17) is 14.3 Å². The summed E-state index contributed by atoms with van der Waals surface area (Å²) in [6, 6.07) is 3.36. The van der Waals surface area contributed by atoms with Gasteiger partial charge in [0.1, 0.15) is 18.1 Å². The molecule has 7 nitrogen and oxygen atoms in total. The molecule has 2 amide bonds. The second-order valence-electron chi connectivity index (χ2n) is 4.96. The lowest BCUT2D eigenvalue weighted by Gasteiger charge is -2.23. The number of urea groups is 1. The van der Waals surface area contributed by atoms with Crippen LogP contribution in [-0.2, 0) is 16.1 Å². The minimum atomic E-state index is -0.927. The van der Waals surface area contributed by atoms with Crippen LogP contribution in [0.5, 0.6) is 0 Å². The fourth-order valence-electron chi connectivity index (χ4n) is 2.48. The lowest BCUT2D eigenvalue weighted by molar-refractivity contribution is -0.136. The van der Waals surface area contributed by atoms with Gasteiger partial charge < -0.3 is 24.5 Å². The Morgan fingerprint density at radius 1 is 1.52 bits per heavy atom. The molecule has 7 heteroatoms. The SMILES string of the molecule is COCc1ccc(C2CCCN2C(=O)NCCC(=O)O)o1. The van der Waals surface area contributed by atoms with Crippen molar-refractivity contribution in [1.29, 1.82) is 0 Å². The highest BCUT2D eigenvalue weighted by atomic mass is 16.5. The van der Waals surface area contributed by atoms with E-state index in [9.17, 15) is 9.59 Å². The molecule has 1 fully saturated rings. The molecule has 1 atom stereocenters. The number of furan rings is 1. The molecule has 2 heterocycles. The van der Waals surface area contributed by atoms with Crippen LogP contribution in [-0.4, -0.2) is 42.2 Å². The van der Waals surface area contributed by atoms with Gasteiger partial charge in [0.05, 0.1) is 12.5 Å². The number of carbonyl (C=O) groups excluding carboxylic acids is 1. The van der Waals surface area contributed by atoms with Gasteiger partial charge in [-0.1, -0.05) is 0 Å². The molecular formula is C14H20N2O5. The molecule has 116 valence electrons. The minimum absolute atomic E-state index is 0.0804. The Bertz CT molecular complexity index is 499. The highest BCUT2D eigenvalue weighted by molar-refractivity contribution is 5.76. The molecule has 0 aromatic carbocycles. The van der Waals surface area contributed by atoms with E-state index in [2.05, 4.69) is 5.32 Å². The van der Waals surface area contributed by atoms with Crippen LogP contribution in [0, 0.1) is 0 Å². The maximum absolute atomic E-state index is 12.1. The fourth-order valence-corrected chi connectivity index (χ4v) is 2.48. The summed E-state index contributed by atoms with van der Waals surface area (Å²) in [5.74, 6) is 0.544. The molecule has 2 rings (SSSR count). The van der Waals surface area contributed by atoms with E-state index in [0.717, 1.165) is 24.4 Å². The van der Waals surface area contributed by atoms with Crippen molar-refractivity contribution in [3.05, 3.63) is 23.7 Å². The third kappa shape index (κ3) is 3.98. The van der Waals surface area contributed by atoms with Crippen LogP contribution in [0.4, 0.5) is 4.79 Å². The van der Waals surface area contributed by atoms with Crippen LogP contribution >= 0.6 is 0 Å². The molecule has 21 heavy (non-hydrogen) atoms. The normalized spacial score (nSPS) is 18.0. The molecule has 0 spiro atoms. The first kappa shape index (κ1) is 15.4. The molecule has 1 aliphatic heterocycles. The van der Waals surface area contributed by atoms with Gasteiger partial charge in [-0.3, -0.25) is 4.79 Å². The van der Waals surface area contributed by atoms with E-state index >= 15 is 0 Å². The summed E-state index contributed by atoms with van der Waals surface area (Å²) < 4.78 is 10.7. The summed E-state index contributed by atoms with van der Waals surface area (Å²) in [6.45, 7) is 1.17. The largest absolute Gasteiger partial charge is 0.481 e. The van der Waals surface area contributed by atoms with Crippen molar-refractivity contribution >= 4 is 12.0 Å². The number of aliphatic carboxylic acids is 1. The zero-order valence-corrected chi connectivity index (χ0v) is 12.0. The summed E-state index contributed by atoms with van der Waals surface area (Å²) in [5.41, 5.74) is 0. The monoisotopic (exact) mass is 296 g/mol. The predicted molar refractivity (Wildman–Crippen MR) is 73.8 cm³/mol. The van der Waals surface area contributed by atoms with Gasteiger partial charge in [0.15, 0.2) is 0 Å². The smallest absolute Gasteiger partial charge is 0.318 e. The van der Waals surface area contributed by atoms with Gasteiger partial charge >= 0.3 is 12.0 Å². The van der Waals surface area contributed by atoms with E-state index in [1.807, 2.05) is 12.1 Å². The topological polar surface area (TPSA) is 92.0 Å².